The van der Waals surface area contributed by atoms with Crippen molar-refractivity contribution >= 4 is 18.3 Å². The Bertz CT molecular complexity index is 938. The minimum atomic E-state index is -3.92. The monoisotopic (exact) mass is 312 g/mol. The number of aryl methyl sites for hydroxylation is 1. The van der Waals surface area contributed by atoms with Gasteiger partial charge in [-0.3, -0.25) is 0 Å². The Hall–Kier alpha value is -2.63. The first kappa shape index (κ1) is 14.0. The summed E-state index contributed by atoms with van der Waals surface area (Å²) < 4.78 is 32.4. The average Bonchev–Trinajstić information content (AvgIpc) is 3.05. The average molecular weight is 312 g/mol. The number of fused-ring (bicyclic) bond motifs is 2. The van der Waals surface area contributed by atoms with Gasteiger partial charge in [-0.1, -0.05) is 12.1 Å². The summed E-state index contributed by atoms with van der Waals surface area (Å²) in [4.78, 5) is 0. The van der Waals surface area contributed by atoms with Gasteiger partial charge in [0.15, 0.2) is 5.70 Å². The van der Waals surface area contributed by atoms with Gasteiger partial charge in [-0.25, -0.2) is 0 Å². The Labute approximate surface area is 132 Å². The smallest absolute Gasteiger partial charge is 0.508 e. The number of phenols is 1. The Morgan fingerprint density at radius 2 is 1.87 bits per heavy atom. The number of hydrogen-bond acceptors (Lipinski definition) is 1. The zero-order chi connectivity index (χ0) is 16.4. The first-order valence-corrected chi connectivity index (χ1v) is 7.46. The zero-order valence-corrected chi connectivity index (χ0v) is 12.8. The van der Waals surface area contributed by atoms with Crippen LogP contribution in [-0.2, 0) is 0 Å². The molecule has 23 heavy (non-hydrogen) atoms. The van der Waals surface area contributed by atoms with E-state index in [-0.39, 0.29) is 5.75 Å². The predicted octanol–water partition coefficient (Wildman–Crippen LogP) is 3.54. The van der Waals surface area contributed by atoms with E-state index >= 15 is 8.63 Å². The van der Waals surface area contributed by atoms with E-state index in [9.17, 15) is 5.11 Å². The van der Waals surface area contributed by atoms with Crippen molar-refractivity contribution in [2.45, 2.75) is 13.8 Å². The van der Waals surface area contributed by atoms with Crippen LogP contribution in [0.4, 0.5) is 8.63 Å². The van der Waals surface area contributed by atoms with Crippen LogP contribution >= 0.6 is 0 Å². The third-order valence-electron chi connectivity index (χ3n) is 4.51. The summed E-state index contributed by atoms with van der Waals surface area (Å²) in [5.41, 5.74) is 3.40. The van der Waals surface area contributed by atoms with Gasteiger partial charge in [-0.15, -0.1) is 0 Å². The number of nitrogens with zero attached hydrogens (tertiary/aromatic N) is 2. The molecule has 0 spiro atoms. The first-order valence-electron chi connectivity index (χ1n) is 7.46. The van der Waals surface area contributed by atoms with Gasteiger partial charge < -0.3 is 22.7 Å². The largest absolute Gasteiger partial charge is 0.737 e. The molecule has 0 atom stereocenters. The molecule has 1 N–H and O–H groups in total. The molecule has 0 fully saturated rings. The van der Waals surface area contributed by atoms with Crippen molar-refractivity contribution in [3.05, 3.63) is 71.2 Å². The summed E-state index contributed by atoms with van der Waals surface area (Å²) in [6.07, 6.45) is 3.42. The fraction of sp³-hybridized carbons (Fsp3) is 0.118. The van der Waals surface area contributed by atoms with E-state index in [1.54, 1.807) is 56.3 Å². The second-order valence-electron chi connectivity index (χ2n) is 5.97. The van der Waals surface area contributed by atoms with E-state index in [1.165, 1.54) is 0 Å². The van der Waals surface area contributed by atoms with E-state index < -0.39 is 6.97 Å². The molecule has 0 bridgehead atoms. The number of halogens is 2. The highest BCUT2D eigenvalue weighted by Gasteiger charge is 2.53. The lowest BCUT2D eigenvalue weighted by Crippen LogP contribution is -2.51. The lowest BCUT2D eigenvalue weighted by Gasteiger charge is -2.32. The molecule has 2 aliphatic rings. The van der Waals surface area contributed by atoms with E-state index in [1.807, 2.05) is 6.07 Å². The fourth-order valence-corrected chi connectivity index (χ4v) is 3.54. The highest BCUT2D eigenvalue weighted by Crippen LogP contribution is 2.40. The molecular weight excluding hydrogens is 297 g/mol. The number of aromatic nitrogens is 1. The minimum Gasteiger partial charge on any atom is -0.508 e. The SMILES string of the molecule is CC1=[N+]2C(=C(c3cccc(O)c3)c3ccc(C)n3[B-]2(F)F)C=C1. The zero-order valence-electron chi connectivity index (χ0n) is 12.8. The molecule has 2 aromatic rings. The molecule has 0 aliphatic carbocycles. The van der Waals surface area contributed by atoms with E-state index in [0.29, 0.717) is 28.4 Å². The molecule has 0 saturated heterocycles. The molecule has 6 heteroatoms. The number of rotatable bonds is 1. The molecule has 3 nitrogen and oxygen atoms in total. The first-order chi connectivity index (χ1) is 10.9. The molecule has 2 aliphatic heterocycles. The van der Waals surface area contributed by atoms with Crippen LogP contribution in [0.25, 0.3) is 5.57 Å². The van der Waals surface area contributed by atoms with Gasteiger partial charge >= 0.3 is 6.97 Å². The summed E-state index contributed by atoms with van der Waals surface area (Å²) >= 11 is 0. The van der Waals surface area contributed by atoms with Crippen LogP contribution in [0.2, 0.25) is 0 Å². The molecule has 1 aromatic carbocycles. The van der Waals surface area contributed by atoms with E-state index in [4.69, 9.17) is 0 Å². The van der Waals surface area contributed by atoms with Crippen LogP contribution in [0.15, 0.2) is 54.2 Å². The van der Waals surface area contributed by atoms with Crippen molar-refractivity contribution < 1.29 is 18.2 Å². The number of phenolic OH excluding ortho intramolecular Hbond substituents is 1. The van der Waals surface area contributed by atoms with Gasteiger partial charge in [0.05, 0.1) is 5.57 Å². The Morgan fingerprint density at radius 3 is 2.61 bits per heavy atom. The summed E-state index contributed by atoms with van der Waals surface area (Å²) in [5, 5.41) is 9.78. The quantitative estimate of drug-likeness (QED) is 0.802. The van der Waals surface area contributed by atoms with Crippen molar-refractivity contribution in [3.63, 3.8) is 0 Å². The molecule has 1 aromatic heterocycles. The van der Waals surface area contributed by atoms with Crippen molar-refractivity contribution in [1.29, 1.82) is 0 Å². The lowest BCUT2D eigenvalue weighted by molar-refractivity contribution is -0.362. The maximum atomic E-state index is 15.1. The maximum Gasteiger partial charge on any atom is 0.737 e. The minimum absolute atomic E-state index is 0.113. The fourth-order valence-electron chi connectivity index (χ4n) is 3.54. The van der Waals surface area contributed by atoms with E-state index in [0.717, 1.165) is 14.5 Å². The summed E-state index contributed by atoms with van der Waals surface area (Å²) in [7, 11) is 0. The van der Waals surface area contributed by atoms with Gasteiger partial charge in [0.2, 0.25) is 0 Å². The van der Waals surface area contributed by atoms with Crippen molar-refractivity contribution in [2.75, 3.05) is 0 Å². The van der Waals surface area contributed by atoms with Gasteiger partial charge in [0.25, 0.3) is 0 Å². The van der Waals surface area contributed by atoms with Crippen LogP contribution in [-0.4, -0.2) is 26.8 Å². The standard InChI is InChI=1S/C17H15BF2N2O/c1-11-6-8-15-17(13-4-3-5-14(23)10-13)16-9-7-12(2)22(16)18(19,20)21(11)15/h3-10,23H,1-2H3. The summed E-state index contributed by atoms with van der Waals surface area (Å²) in [6, 6.07) is 10.1. The van der Waals surface area contributed by atoms with Crippen LogP contribution < -0.4 is 0 Å². The molecule has 0 unspecified atom stereocenters. The number of benzene rings is 1. The van der Waals surface area contributed by atoms with Crippen molar-refractivity contribution in [2.24, 2.45) is 0 Å². The molecule has 116 valence electrons. The highest BCUT2D eigenvalue weighted by atomic mass is 19.2. The predicted molar refractivity (Wildman–Crippen MR) is 86.7 cm³/mol. The molecular formula is C17H15BF2N2O. The molecule has 0 amide bonds. The van der Waals surface area contributed by atoms with Gasteiger partial charge in [0, 0.05) is 24.8 Å². The number of allylic oxidation sites excluding steroid dienone is 2. The number of hydrogen-bond donors (Lipinski definition) is 1. The third kappa shape index (κ3) is 1.78. The molecule has 0 radical (unpaired) electrons. The highest BCUT2D eigenvalue weighted by molar-refractivity contribution is 6.58. The second-order valence-corrected chi connectivity index (χ2v) is 5.97. The van der Waals surface area contributed by atoms with E-state index in [2.05, 4.69) is 0 Å². The topological polar surface area (TPSA) is 28.2 Å². The van der Waals surface area contributed by atoms with Crippen LogP contribution in [0.5, 0.6) is 5.75 Å². The van der Waals surface area contributed by atoms with Gasteiger partial charge in [0.1, 0.15) is 11.5 Å². The Morgan fingerprint density at radius 1 is 1.09 bits per heavy atom. The van der Waals surface area contributed by atoms with Gasteiger partial charge in [-0.2, -0.15) is 0 Å². The maximum absolute atomic E-state index is 15.1. The van der Waals surface area contributed by atoms with Crippen LogP contribution in [0, 0.1) is 6.92 Å². The Balaban J connectivity index is 2.12. The second kappa shape index (κ2) is 4.44. The van der Waals surface area contributed by atoms with Crippen LogP contribution in [0.3, 0.4) is 0 Å². The lowest BCUT2D eigenvalue weighted by atomic mass is 9.86. The Kier molecular flexibility index (Phi) is 2.70. The van der Waals surface area contributed by atoms with Crippen LogP contribution in [0.1, 0.15) is 23.9 Å². The molecule has 4 rings (SSSR count). The normalized spacial score (nSPS) is 18.4. The molecule has 0 saturated carbocycles. The summed E-state index contributed by atoms with van der Waals surface area (Å²) in [6.45, 7) is -0.556. The summed E-state index contributed by atoms with van der Waals surface area (Å²) in [5.74, 6) is 0.113. The molecule has 3 heterocycles. The number of aromatic hydroxyl groups is 1. The van der Waals surface area contributed by atoms with Gasteiger partial charge in [-0.05, 0) is 42.4 Å². The third-order valence-corrected chi connectivity index (χ3v) is 4.51. The van der Waals surface area contributed by atoms with Crippen molar-refractivity contribution in [1.82, 2.24) is 4.48 Å². The van der Waals surface area contributed by atoms with Crippen molar-refractivity contribution in [3.8, 4) is 5.75 Å².